The van der Waals surface area contributed by atoms with Crippen LogP contribution in [0.15, 0.2) is 73.1 Å². The summed E-state index contributed by atoms with van der Waals surface area (Å²) in [4.78, 5) is 21.1. The molecule has 0 bridgehead atoms. The Morgan fingerprint density at radius 1 is 0.980 bits per heavy atom. The number of aliphatic carboxylic acids is 1. The van der Waals surface area contributed by atoms with Gasteiger partial charge in [-0.3, -0.25) is 4.79 Å². The third kappa shape index (κ3) is 11.3. The summed E-state index contributed by atoms with van der Waals surface area (Å²) >= 11 is 0. The first-order valence-corrected chi connectivity index (χ1v) is 19.5. The van der Waals surface area contributed by atoms with Crippen LogP contribution in [0.5, 0.6) is 0 Å². The Hall–Kier alpha value is -3.46. The van der Waals surface area contributed by atoms with Gasteiger partial charge in [-0.25, -0.2) is 4.98 Å². The SMILES string of the molecule is CCCCC[C@@H]1C=C[C@@H](CCCCC[C@H](C(=O)O)[C@H](O)CC[C@]2(O)C[C@H](Cc3ccnc(N)c3)C[C@H]2Cc2cc(-c3ccccc3)c[n-]2)[C@H](O)C1. The van der Waals surface area contributed by atoms with Gasteiger partial charge >= 0.3 is 5.97 Å². The Labute approximate surface area is 304 Å². The second-order valence-corrected chi connectivity index (χ2v) is 15.6. The Kier molecular flexibility index (Phi) is 14.3. The maximum atomic E-state index is 12.3. The van der Waals surface area contributed by atoms with Gasteiger partial charge in [0.2, 0.25) is 0 Å². The fourth-order valence-corrected chi connectivity index (χ4v) is 8.77. The lowest BCUT2D eigenvalue weighted by Crippen LogP contribution is -2.37. The smallest absolute Gasteiger partial charge is 0.309 e. The Morgan fingerprint density at radius 3 is 2.53 bits per heavy atom. The van der Waals surface area contributed by atoms with E-state index in [2.05, 4.69) is 42.3 Å². The van der Waals surface area contributed by atoms with Gasteiger partial charge in [-0.15, -0.1) is 0 Å². The van der Waals surface area contributed by atoms with Crippen LogP contribution in [0.25, 0.3) is 11.1 Å². The van der Waals surface area contributed by atoms with Crippen molar-refractivity contribution in [2.75, 3.05) is 5.73 Å². The van der Waals surface area contributed by atoms with Crippen LogP contribution in [0.3, 0.4) is 0 Å². The van der Waals surface area contributed by atoms with Gasteiger partial charge in [0.15, 0.2) is 0 Å². The number of pyridine rings is 1. The van der Waals surface area contributed by atoms with E-state index in [1.807, 2.05) is 36.5 Å². The number of anilines is 1. The van der Waals surface area contributed by atoms with Crippen molar-refractivity contribution in [2.24, 2.45) is 29.6 Å². The van der Waals surface area contributed by atoms with Gasteiger partial charge in [-0.2, -0.15) is 11.9 Å². The molecule has 8 atom stereocenters. The number of aromatic nitrogens is 2. The highest BCUT2D eigenvalue weighted by atomic mass is 16.4. The first kappa shape index (κ1) is 38.8. The molecule has 3 aromatic rings. The molecule has 0 radical (unpaired) electrons. The fraction of sp³-hybridized carbons (Fsp3) is 0.581. The highest BCUT2D eigenvalue weighted by Crippen LogP contribution is 2.46. The molecule has 1 fully saturated rings. The van der Waals surface area contributed by atoms with Crippen LogP contribution in [0.4, 0.5) is 5.82 Å². The Balaban J connectivity index is 1.14. The summed E-state index contributed by atoms with van der Waals surface area (Å²) < 4.78 is 0. The van der Waals surface area contributed by atoms with Crippen LogP contribution in [-0.2, 0) is 17.6 Å². The van der Waals surface area contributed by atoms with E-state index in [0.29, 0.717) is 43.8 Å². The molecular weight excluding hydrogens is 638 g/mol. The first-order chi connectivity index (χ1) is 24.6. The van der Waals surface area contributed by atoms with Crippen molar-refractivity contribution >= 4 is 11.8 Å². The average Bonchev–Trinajstić information content (AvgIpc) is 3.70. The normalized spacial score (nSPS) is 25.9. The number of rotatable bonds is 20. The maximum absolute atomic E-state index is 12.3. The lowest BCUT2D eigenvalue weighted by atomic mass is 9.80. The molecule has 0 unspecified atom stereocenters. The van der Waals surface area contributed by atoms with Crippen molar-refractivity contribution in [1.82, 2.24) is 9.97 Å². The van der Waals surface area contributed by atoms with Crippen molar-refractivity contribution in [1.29, 1.82) is 0 Å². The number of carboxylic acid groups (broad SMARTS) is 1. The number of aliphatic hydroxyl groups excluding tert-OH is 2. The van der Waals surface area contributed by atoms with Crippen LogP contribution < -0.4 is 10.7 Å². The molecule has 0 saturated heterocycles. The Bertz CT molecular complexity index is 1520. The molecule has 8 heteroatoms. The van der Waals surface area contributed by atoms with Crippen LogP contribution in [0, 0.1) is 29.6 Å². The van der Waals surface area contributed by atoms with Crippen molar-refractivity contribution in [3.8, 4) is 11.1 Å². The molecule has 0 amide bonds. The summed E-state index contributed by atoms with van der Waals surface area (Å²) in [6.45, 7) is 2.21. The predicted molar refractivity (Wildman–Crippen MR) is 203 cm³/mol. The van der Waals surface area contributed by atoms with Crippen molar-refractivity contribution in [3.63, 3.8) is 0 Å². The monoisotopic (exact) mass is 698 g/mol. The van der Waals surface area contributed by atoms with Gasteiger partial charge < -0.3 is 31.1 Å². The average molecular weight is 699 g/mol. The summed E-state index contributed by atoms with van der Waals surface area (Å²) in [6.07, 6.45) is 19.5. The minimum atomic E-state index is -1.05. The fourth-order valence-electron chi connectivity index (χ4n) is 8.77. The zero-order valence-corrected chi connectivity index (χ0v) is 30.5. The quantitative estimate of drug-likeness (QED) is 0.0594. The lowest BCUT2D eigenvalue weighted by molar-refractivity contribution is -0.146. The number of nitrogens with two attached hydrogens (primary N) is 1. The number of unbranched alkanes of at least 4 members (excludes halogenated alkanes) is 4. The van der Waals surface area contributed by atoms with E-state index in [9.17, 15) is 25.2 Å². The number of hydrogen-bond acceptors (Lipinski definition) is 6. The highest BCUT2D eigenvalue weighted by molar-refractivity contribution is 5.70. The molecule has 2 heterocycles. The molecule has 2 aromatic heterocycles. The van der Waals surface area contributed by atoms with E-state index in [4.69, 9.17) is 10.7 Å². The third-order valence-corrected chi connectivity index (χ3v) is 11.7. The van der Waals surface area contributed by atoms with Crippen LogP contribution in [0.2, 0.25) is 0 Å². The second kappa shape index (κ2) is 18.9. The van der Waals surface area contributed by atoms with E-state index in [0.717, 1.165) is 67.3 Å². The molecule has 2 aliphatic carbocycles. The summed E-state index contributed by atoms with van der Waals surface area (Å²) in [5.74, 6) is -0.609. The number of nitrogen functional groups attached to an aromatic ring is 1. The van der Waals surface area contributed by atoms with Crippen molar-refractivity contribution in [3.05, 3.63) is 84.3 Å². The molecular formula is C43H60N3O5-. The van der Waals surface area contributed by atoms with Gasteiger partial charge in [0.25, 0.3) is 0 Å². The highest BCUT2D eigenvalue weighted by Gasteiger charge is 2.45. The van der Waals surface area contributed by atoms with Crippen LogP contribution in [-0.4, -0.2) is 49.2 Å². The minimum absolute atomic E-state index is 0.0773. The van der Waals surface area contributed by atoms with Crippen LogP contribution in [0.1, 0.15) is 108 Å². The number of aliphatic hydroxyl groups is 3. The first-order valence-electron chi connectivity index (χ1n) is 19.5. The number of benzene rings is 1. The lowest BCUT2D eigenvalue weighted by Gasteiger charge is -2.33. The van der Waals surface area contributed by atoms with E-state index in [1.54, 1.807) is 6.20 Å². The van der Waals surface area contributed by atoms with E-state index >= 15 is 0 Å². The standard InChI is InChI=1S/C43H60N3O5/c1-2-3-6-11-30-16-17-34(40(48)24-30)14-9-5-10-15-38(42(49)50)39(47)18-20-43(51)28-32(22-31-19-21-45-41(44)25-31)23-36(43)27-37-26-35(29-46-37)33-12-7-4-8-13-33/h4,7-8,12-13,16-17,19,21,25-26,29-30,32,34,36,38-40,47-48,51H,2-3,5-6,9-11,14-15,18,20,22-24,27-28H2,1H3,(H2,44,45)(H,49,50)/q-1/t30-,32-,34-,36+,38+,39-,40-,43+/m1/s1. The summed E-state index contributed by atoms with van der Waals surface area (Å²) in [6, 6.07) is 16.1. The molecule has 278 valence electrons. The minimum Gasteiger partial charge on any atom is -0.667 e. The molecule has 51 heavy (non-hydrogen) atoms. The van der Waals surface area contributed by atoms with E-state index in [-0.39, 0.29) is 30.3 Å². The number of allylic oxidation sites excluding steroid dienone is 1. The molecule has 1 aromatic carbocycles. The van der Waals surface area contributed by atoms with Crippen molar-refractivity contribution in [2.45, 2.75) is 127 Å². The molecule has 8 nitrogen and oxygen atoms in total. The number of hydrogen-bond donors (Lipinski definition) is 5. The summed E-state index contributed by atoms with van der Waals surface area (Å²) in [7, 11) is 0. The summed E-state index contributed by atoms with van der Waals surface area (Å²) in [5.41, 5.74) is 9.06. The molecule has 1 saturated carbocycles. The third-order valence-electron chi connectivity index (χ3n) is 11.7. The van der Waals surface area contributed by atoms with Gasteiger partial charge in [-0.1, -0.05) is 94.0 Å². The molecule has 0 aliphatic heterocycles. The molecule has 5 rings (SSSR count). The van der Waals surface area contributed by atoms with E-state index in [1.165, 1.54) is 19.3 Å². The molecule has 0 spiro atoms. The van der Waals surface area contributed by atoms with Crippen molar-refractivity contribution < 1.29 is 25.2 Å². The number of carbonyl (C=O) groups is 1. The maximum Gasteiger partial charge on any atom is 0.309 e. The summed E-state index contributed by atoms with van der Waals surface area (Å²) in [5, 5.41) is 44.2. The number of carboxylic acids is 1. The molecule has 6 N–H and O–H groups in total. The van der Waals surface area contributed by atoms with Gasteiger partial charge in [0.1, 0.15) is 5.82 Å². The van der Waals surface area contributed by atoms with Gasteiger partial charge in [0.05, 0.1) is 23.7 Å². The van der Waals surface area contributed by atoms with Crippen LogP contribution >= 0.6 is 0 Å². The topological polar surface area (TPSA) is 151 Å². The second-order valence-electron chi connectivity index (χ2n) is 15.6. The van der Waals surface area contributed by atoms with E-state index < -0.39 is 23.6 Å². The number of nitrogens with zero attached hydrogens (tertiary/aromatic N) is 2. The molecule has 2 aliphatic rings. The zero-order valence-electron chi connectivity index (χ0n) is 30.5. The Morgan fingerprint density at radius 2 is 1.78 bits per heavy atom. The van der Waals surface area contributed by atoms with Gasteiger partial charge in [-0.05, 0) is 111 Å². The predicted octanol–water partition coefficient (Wildman–Crippen LogP) is 7.76. The van der Waals surface area contributed by atoms with Gasteiger partial charge in [0, 0.05) is 12.1 Å². The zero-order chi connectivity index (χ0) is 36.2. The largest absolute Gasteiger partial charge is 0.667 e.